The molecule has 3 nitrogen and oxygen atoms in total. The van der Waals surface area contributed by atoms with E-state index in [1.165, 1.54) is 23.7 Å². The summed E-state index contributed by atoms with van der Waals surface area (Å²) in [6, 6.07) is 11.8. The normalized spacial score (nSPS) is 10.7. The van der Waals surface area contributed by atoms with Gasteiger partial charge in [-0.2, -0.15) is 4.37 Å². The lowest BCUT2D eigenvalue weighted by molar-refractivity contribution is 0.627. The van der Waals surface area contributed by atoms with E-state index >= 15 is 0 Å². The SMILES string of the molecule is Fc1ccc(Cc2nsc(NCc3ccc(Cl)c(Cl)c3)n2)cc1. The van der Waals surface area contributed by atoms with Crippen molar-refractivity contribution >= 4 is 39.9 Å². The number of anilines is 1. The summed E-state index contributed by atoms with van der Waals surface area (Å²) in [4.78, 5) is 4.43. The molecule has 0 aliphatic rings. The smallest absolute Gasteiger partial charge is 0.202 e. The van der Waals surface area contributed by atoms with Crippen LogP contribution in [0.2, 0.25) is 10.0 Å². The summed E-state index contributed by atoms with van der Waals surface area (Å²) < 4.78 is 17.2. The predicted octanol–water partition coefficient (Wildman–Crippen LogP) is 5.19. The summed E-state index contributed by atoms with van der Waals surface area (Å²) in [6.07, 6.45) is 0.575. The fraction of sp³-hybridized carbons (Fsp3) is 0.125. The number of rotatable bonds is 5. The van der Waals surface area contributed by atoms with Crippen molar-refractivity contribution in [3.8, 4) is 0 Å². The molecule has 7 heteroatoms. The third-order valence-electron chi connectivity index (χ3n) is 3.17. The Morgan fingerprint density at radius 1 is 1.00 bits per heavy atom. The zero-order valence-corrected chi connectivity index (χ0v) is 14.2. The van der Waals surface area contributed by atoms with Crippen molar-refractivity contribution in [3.05, 3.63) is 75.3 Å². The zero-order valence-electron chi connectivity index (χ0n) is 11.9. The monoisotopic (exact) mass is 367 g/mol. The van der Waals surface area contributed by atoms with Gasteiger partial charge in [0.25, 0.3) is 0 Å². The molecule has 2 aromatic carbocycles. The molecule has 0 saturated carbocycles. The van der Waals surface area contributed by atoms with Gasteiger partial charge < -0.3 is 5.32 Å². The number of nitrogens with zero attached hydrogens (tertiary/aromatic N) is 2. The van der Waals surface area contributed by atoms with Gasteiger partial charge in [-0.3, -0.25) is 0 Å². The Morgan fingerprint density at radius 2 is 1.74 bits per heavy atom. The number of nitrogens with one attached hydrogen (secondary N) is 1. The van der Waals surface area contributed by atoms with E-state index in [-0.39, 0.29) is 5.82 Å². The van der Waals surface area contributed by atoms with Gasteiger partial charge in [-0.25, -0.2) is 9.37 Å². The van der Waals surface area contributed by atoms with Crippen LogP contribution in [0.4, 0.5) is 9.52 Å². The molecule has 0 bridgehead atoms. The van der Waals surface area contributed by atoms with Gasteiger partial charge >= 0.3 is 0 Å². The number of hydrogen-bond donors (Lipinski definition) is 1. The minimum Gasteiger partial charge on any atom is -0.356 e. The molecule has 0 saturated heterocycles. The molecule has 0 aliphatic carbocycles. The molecule has 0 radical (unpaired) electrons. The van der Waals surface area contributed by atoms with Crippen LogP contribution in [0.3, 0.4) is 0 Å². The van der Waals surface area contributed by atoms with E-state index in [4.69, 9.17) is 23.2 Å². The fourth-order valence-electron chi connectivity index (χ4n) is 2.01. The van der Waals surface area contributed by atoms with Crippen LogP contribution in [0, 0.1) is 5.82 Å². The third kappa shape index (κ3) is 4.41. The first kappa shape index (κ1) is 16.2. The summed E-state index contributed by atoms with van der Waals surface area (Å²) in [5.74, 6) is 0.460. The standard InChI is InChI=1S/C16H12Cl2FN3S/c17-13-6-3-11(7-14(13)18)9-20-16-21-15(22-23-16)8-10-1-4-12(19)5-2-10/h1-7H,8-9H2,(H,20,21,22). The van der Waals surface area contributed by atoms with Gasteiger partial charge in [-0.05, 0) is 35.4 Å². The molecule has 0 unspecified atom stereocenters. The average molecular weight is 368 g/mol. The molecule has 0 spiro atoms. The first-order chi connectivity index (χ1) is 11.1. The van der Waals surface area contributed by atoms with Crippen molar-refractivity contribution in [2.45, 2.75) is 13.0 Å². The van der Waals surface area contributed by atoms with Crippen LogP contribution < -0.4 is 5.32 Å². The highest BCUT2D eigenvalue weighted by molar-refractivity contribution is 7.09. The Labute approximate surface area is 147 Å². The van der Waals surface area contributed by atoms with Gasteiger partial charge in [0, 0.05) is 24.5 Å². The van der Waals surface area contributed by atoms with E-state index in [0.29, 0.717) is 28.8 Å². The number of aromatic nitrogens is 2. The Bertz CT molecular complexity index is 805. The van der Waals surface area contributed by atoms with Gasteiger partial charge in [-0.1, -0.05) is 41.4 Å². The second-order valence-electron chi connectivity index (χ2n) is 4.92. The molecule has 0 fully saturated rings. The van der Waals surface area contributed by atoms with Crippen molar-refractivity contribution in [2.24, 2.45) is 0 Å². The summed E-state index contributed by atoms with van der Waals surface area (Å²) in [5, 5.41) is 5.00. The van der Waals surface area contributed by atoms with Crippen LogP contribution in [0.1, 0.15) is 17.0 Å². The van der Waals surface area contributed by atoms with Gasteiger partial charge in [0.05, 0.1) is 10.0 Å². The van der Waals surface area contributed by atoms with Gasteiger partial charge in [-0.15, -0.1) is 0 Å². The van der Waals surface area contributed by atoms with Crippen LogP contribution in [0.15, 0.2) is 42.5 Å². The van der Waals surface area contributed by atoms with Crippen LogP contribution in [0.25, 0.3) is 0 Å². The third-order valence-corrected chi connectivity index (χ3v) is 4.62. The van der Waals surface area contributed by atoms with Crippen molar-refractivity contribution < 1.29 is 4.39 Å². The van der Waals surface area contributed by atoms with Crippen LogP contribution in [-0.4, -0.2) is 9.36 Å². The topological polar surface area (TPSA) is 37.8 Å². The Hall–Kier alpha value is -1.69. The molecule has 118 valence electrons. The lowest BCUT2D eigenvalue weighted by Crippen LogP contribution is -1.99. The molecule has 1 aromatic heterocycles. The Balaban J connectivity index is 1.60. The molecule has 1 N–H and O–H groups in total. The molecule has 3 aromatic rings. The molecule has 0 amide bonds. The largest absolute Gasteiger partial charge is 0.356 e. The predicted molar refractivity (Wildman–Crippen MR) is 92.9 cm³/mol. The molecule has 0 atom stereocenters. The summed E-state index contributed by atoms with van der Waals surface area (Å²) in [7, 11) is 0. The maximum absolute atomic E-state index is 12.9. The lowest BCUT2D eigenvalue weighted by atomic mass is 10.1. The van der Waals surface area contributed by atoms with Crippen molar-refractivity contribution in [1.29, 1.82) is 0 Å². The summed E-state index contributed by atoms with van der Waals surface area (Å²) in [5.41, 5.74) is 1.98. The first-order valence-corrected chi connectivity index (χ1v) is 8.38. The van der Waals surface area contributed by atoms with Crippen LogP contribution in [0.5, 0.6) is 0 Å². The second kappa shape index (κ2) is 7.25. The van der Waals surface area contributed by atoms with Gasteiger partial charge in [0.15, 0.2) is 0 Å². The van der Waals surface area contributed by atoms with E-state index in [2.05, 4.69) is 14.7 Å². The fourth-order valence-corrected chi connectivity index (χ4v) is 2.91. The van der Waals surface area contributed by atoms with Crippen LogP contribution >= 0.6 is 34.7 Å². The molecule has 0 aliphatic heterocycles. The van der Waals surface area contributed by atoms with E-state index in [1.807, 2.05) is 12.1 Å². The van der Waals surface area contributed by atoms with E-state index < -0.39 is 0 Å². The molecule has 23 heavy (non-hydrogen) atoms. The summed E-state index contributed by atoms with van der Waals surface area (Å²) in [6.45, 7) is 0.585. The van der Waals surface area contributed by atoms with Crippen LogP contribution in [-0.2, 0) is 13.0 Å². The molecular weight excluding hydrogens is 356 g/mol. The second-order valence-corrected chi connectivity index (χ2v) is 6.49. The maximum atomic E-state index is 12.9. The highest BCUT2D eigenvalue weighted by Gasteiger charge is 2.06. The first-order valence-electron chi connectivity index (χ1n) is 6.85. The average Bonchev–Trinajstić information content (AvgIpc) is 2.98. The maximum Gasteiger partial charge on any atom is 0.202 e. The molecule has 1 heterocycles. The number of benzene rings is 2. The number of halogens is 3. The molecular formula is C16H12Cl2FN3S. The van der Waals surface area contributed by atoms with Crippen molar-refractivity contribution in [1.82, 2.24) is 9.36 Å². The minimum atomic E-state index is -0.246. The van der Waals surface area contributed by atoms with Gasteiger partial charge in [0.2, 0.25) is 5.13 Å². The van der Waals surface area contributed by atoms with Crippen molar-refractivity contribution in [3.63, 3.8) is 0 Å². The van der Waals surface area contributed by atoms with Gasteiger partial charge in [0.1, 0.15) is 11.6 Å². The Morgan fingerprint density at radius 3 is 2.48 bits per heavy atom. The summed E-state index contributed by atoms with van der Waals surface area (Å²) >= 11 is 13.2. The highest BCUT2D eigenvalue weighted by atomic mass is 35.5. The highest BCUT2D eigenvalue weighted by Crippen LogP contribution is 2.23. The Kier molecular flexibility index (Phi) is 5.10. The van der Waals surface area contributed by atoms with E-state index in [1.54, 1.807) is 18.2 Å². The van der Waals surface area contributed by atoms with Crippen molar-refractivity contribution in [2.75, 3.05) is 5.32 Å². The zero-order chi connectivity index (χ0) is 16.2. The lowest BCUT2D eigenvalue weighted by Gasteiger charge is -2.04. The molecule has 3 rings (SSSR count). The quantitative estimate of drug-likeness (QED) is 0.674. The minimum absolute atomic E-state index is 0.246. The van der Waals surface area contributed by atoms with E-state index in [0.717, 1.165) is 16.3 Å². The number of hydrogen-bond acceptors (Lipinski definition) is 4. The van der Waals surface area contributed by atoms with E-state index in [9.17, 15) is 4.39 Å².